The summed E-state index contributed by atoms with van der Waals surface area (Å²) in [5.41, 5.74) is 3.52. The van der Waals surface area contributed by atoms with Gasteiger partial charge in [-0.1, -0.05) is 6.92 Å². The van der Waals surface area contributed by atoms with E-state index in [1.54, 1.807) is 27.7 Å². The maximum absolute atomic E-state index is 14.6. The zero-order valence-corrected chi connectivity index (χ0v) is 18.5. The highest BCUT2D eigenvalue weighted by Gasteiger charge is 2.46. The summed E-state index contributed by atoms with van der Waals surface area (Å²) in [5.74, 6) is -1.54. The summed E-state index contributed by atoms with van der Waals surface area (Å²) < 4.78 is 55.1. The third-order valence-electron chi connectivity index (χ3n) is 4.52. The Morgan fingerprint density at radius 3 is 2.21 bits per heavy atom. The first-order chi connectivity index (χ1) is 12.5. The van der Waals surface area contributed by atoms with Crippen molar-refractivity contribution in [1.82, 2.24) is 4.72 Å². The Morgan fingerprint density at radius 1 is 1.25 bits per heavy atom. The summed E-state index contributed by atoms with van der Waals surface area (Å²) in [7, 11) is -4.01. The standard InChI is InChI=1S/C17H28FN3O5S2/c1-7-17(6,19)28(25,26)11-16(5,20-27(24)15(2,3)4)13-10-12(21(22)23)8-9-14(13)18/h8-10,20H,7,11,19H2,1-6H3/t16-,17?,27?/m0/s1. The highest BCUT2D eigenvalue weighted by atomic mass is 32.2. The molecule has 0 spiro atoms. The molecule has 3 atom stereocenters. The number of hydrogen-bond donors (Lipinski definition) is 2. The van der Waals surface area contributed by atoms with Crippen molar-refractivity contribution in [3.63, 3.8) is 0 Å². The van der Waals surface area contributed by atoms with Crippen LogP contribution in [0.1, 0.15) is 53.5 Å². The van der Waals surface area contributed by atoms with E-state index < -0.39 is 58.5 Å². The first-order valence-electron chi connectivity index (χ1n) is 8.62. The minimum Gasteiger partial charge on any atom is -0.598 e. The first kappa shape index (κ1) is 24.8. The number of nitro benzene ring substituents is 1. The molecule has 8 nitrogen and oxygen atoms in total. The fourth-order valence-electron chi connectivity index (χ4n) is 2.33. The Hall–Kier alpha value is -1.27. The predicted octanol–water partition coefficient (Wildman–Crippen LogP) is 2.50. The summed E-state index contributed by atoms with van der Waals surface area (Å²) in [6.07, 6.45) is 0.102. The molecule has 28 heavy (non-hydrogen) atoms. The van der Waals surface area contributed by atoms with Gasteiger partial charge in [-0.2, -0.15) is 0 Å². The van der Waals surface area contributed by atoms with Gasteiger partial charge in [0.25, 0.3) is 5.69 Å². The Morgan fingerprint density at radius 2 is 1.79 bits per heavy atom. The lowest BCUT2D eigenvalue weighted by atomic mass is 9.94. The molecule has 0 amide bonds. The zero-order chi connectivity index (χ0) is 22.1. The van der Waals surface area contributed by atoms with Crippen LogP contribution in [-0.2, 0) is 26.7 Å². The van der Waals surface area contributed by atoms with Crippen molar-refractivity contribution in [1.29, 1.82) is 0 Å². The van der Waals surface area contributed by atoms with Gasteiger partial charge in [-0.15, -0.1) is 4.72 Å². The summed E-state index contributed by atoms with van der Waals surface area (Å²) in [6, 6.07) is 2.83. The van der Waals surface area contributed by atoms with E-state index in [1.807, 2.05) is 0 Å². The van der Waals surface area contributed by atoms with Gasteiger partial charge in [-0.3, -0.25) is 10.1 Å². The van der Waals surface area contributed by atoms with Crippen molar-refractivity contribution in [2.45, 2.75) is 63.1 Å². The zero-order valence-electron chi connectivity index (χ0n) is 16.9. The highest BCUT2D eigenvalue weighted by molar-refractivity contribution is 7.93. The molecule has 0 aliphatic heterocycles. The van der Waals surface area contributed by atoms with E-state index in [0.29, 0.717) is 0 Å². The van der Waals surface area contributed by atoms with Crippen LogP contribution < -0.4 is 10.5 Å². The van der Waals surface area contributed by atoms with Gasteiger partial charge in [0, 0.05) is 29.1 Å². The molecule has 11 heteroatoms. The molecule has 0 saturated carbocycles. The van der Waals surface area contributed by atoms with E-state index in [9.17, 15) is 27.5 Å². The first-order valence-corrected chi connectivity index (χ1v) is 11.4. The maximum Gasteiger partial charge on any atom is 0.269 e. The third-order valence-corrected chi connectivity index (χ3v) is 8.94. The molecular weight excluding hydrogens is 409 g/mol. The smallest absolute Gasteiger partial charge is 0.269 e. The number of nitro groups is 1. The molecule has 1 aromatic rings. The van der Waals surface area contributed by atoms with E-state index in [1.165, 1.54) is 13.8 Å². The number of non-ortho nitro benzene ring substituents is 1. The van der Waals surface area contributed by atoms with Crippen molar-refractivity contribution in [3.05, 3.63) is 39.7 Å². The number of sulfone groups is 1. The number of hydrogen-bond acceptors (Lipinski definition) is 7. The summed E-state index contributed by atoms with van der Waals surface area (Å²) >= 11 is -1.79. The topological polar surface area (TPSA) is 138 Å². The van der Waals surface area contributed by atoms with E-state index in [4.69, 9.17) is 5.73 Å². The summed E-state index contributed by atoms with van der Waals surface area (Å²) in [4.78, 5) is 8.82. The van der Waals surface area contributed by atoms with Crippen molar-refractivity contribution < 1.29 is 22.3 Å². The molecule has 0 fully saturated rings. The molecular formula is C17H28FN3O5S2. The van der Waals surface area contributed by atoms with Crippen LogP contribution in [0.3, 0.4) is 0 Å². The molecule has 0 aromatic heterocycles. The normalized spacial score (nSPS) is 18.2. The van der Waals surface area contributed by atoms with Crippen LogP contribution >= 0.6 is 0 Å². The van der Waals surface area contributed by atoms with Gasteiger partial charge in [0.1, 0.15) is 21.0 Å². The number of halogens is 1. The minimum atomic E-state index is -4.01. The molecule has 0 heterocycles. The molecule has 0 radical (unpaired) electrons. The van der Waals surface area contributed by atoms with Crippen LogP contribution in [0.2, 0.25) is 0 Å². The van der Waals surface area contributed by atoms with Crippen LogP contribution in [0.15, 0.2) is 18.2 Å². The average molecular weight is 438 g/mol. The van der Waals surface area contributed by atoms with Gasteiger partial charge in [-0.05, 0) is 47.1 Å². The lowest BCUT2D eigenvalue weighted by Gasteiger charge is -2.37. The molecule has 2 unspecified atom stereocenters. The van der Waals surface area contributed by atoms with Crippen LogP contribution in [0.25, 0.3) is 0 Å². The van der Waals surface area contributed by atoms with Crippen molar-refractivity contribution in [2.75, 3.05) is 5.75 Å². The number of rotatable bonds is 8. The van der Waals surface area contributed by atoms with Gasteiger partial charge in [0.2, 0.25) is 0 Å². The SMILES string of the molecule is CCC(C)(N)S(=O)(=O)C[C@](C)(N[S+]([O-])C(C)(C)C)c1cc([N+](=O)[O-])ccc1F. The van der Waals surface area contributed by atoms with Gasteiger partial charge in [0.15, 0.2) is 9.84 Å². The van der Waals surface area contributed by atoms with Crippen LogP contribution in [0.4, 0.5) is 10.1 Å². The number of nitrogens with two attached hydrogens (primary N) is 1. The van der Waals surface area contributed by atoms with Crippen molar-refractivity contribution >= 4 is 26.9 Å². The second kappa shape index (κ2) is 8.23. The van der Waals surface area contributed by atoms with Crippen LogP contribution in [-0.4, -0.2) is 33.3 Å². The van der Waals surface area contributed by atoms with Crippen LogP contribution in [0, 0.1) is 15.9 Å². The second-order valence-electron chi connectivity index (χ2n) is 8.16. The molecule has 0 saturated heterocycles. The molecule has 3 N–H and O–H groups in total. The predicted molar refractivity (Wildman–Crippen MR) is 108 cm³/mol. The van der Waals surface area contributed by atoms with E-state index >= 15 is 0 Å². The molecule has 0 bridgehead atoms. The maximum atomic E-state index is 14.6. The monoisotopic (exact) mass is 437 g/mol. The quantitative estimate of drug-likeness (QED) is 0.362. The minimum absolute atomic E-state index is 0.102. The van der Waals surface area contributed by atoms with E-state index in [-0.39, 0.29) is 12.0 Å². The fraction of sp³-hybridized carbons (Fsp3) is 0.647. The van der Waals surface area contributed by atoms with Gasteiger partial charge in [0.05, 0.1) is 10.7 Å². The third kappa shape index (κ3) is 5.41. The lowest BCUT2D eigenvalue weighted by molar-refractivity contribution is -0.385. The fourth-order valence-corrected chi connectivity index (χ4v) is 5.08. The van der Waals surface area contributed by atoms with Crippen LogP contribution in [0.5, 0.6) is 0 Å². The van der Waals surface area contributed by atoms with Gasteiger partial charge < -0.3 is 10.3 Å². The van der Waals surface area contributed by atoms with E-state index in [2.05, 4.69) is 4.72 Å². The van der Waals surface area contributed by atoms with Crippen molar-refractivity contribution in [3.8, 4) is 0 Å². The van der Waals surface area contributed by atoms with Crippen molar-refractivity contribution in [2.24, 2.45) is 5.73 Å². The summed E-state index contributed by atoms with van der Waals surface area (Å²) in [5, 5.41) is 11.1. The Balaban J connectivity index is 3.62. The summed E-state index contributed by atoms with van der Waals surface area (Å²) in [6.45, 7) is 9.27. The molecule has 1 rings (SSSR count). The number of nitrogens with one attached hydrogen (secondary N) is 1. The molecule has 0 aliphatic rings. The molecule has 160 valence electrons. The van der Waals surface area contributed by atoms with Gasteiger partial charge >= 0.3 is 0 Å². The lowest BCUT2D eigenvalue weighted by Crippen LogP contribution is -2.57. The Bertz CT molecular complexity index is 840. The largest absolute Gasteiger partial charge is 0.598 e. The Kier molecular flexibility index (Phi) is 7.28. The Labute approximate surface area is 168 Å². The molecule has 0 aliphatic carbocycles. The average Bonchev–Trinajstić information content (AvgIpc) is 2.53. The number of benzene rings is 1. The van der Waals surface area contributed by atoms with E-state index in [0.717, 1.165) is 18.2 Å². The second-order valence-corrected chi connectivity index (χ2v) is 12.6. The number of nitrogens with zero attached hydrogens (tertiary/aromatic N) is 1. The molecule has 1 aromatic carbocycles. The van der Waals surface area contributed by atoms with Gasteiger partial charge in [-0.25, -0.2) is 12.8 Å². The highest BCUT2D eigenvalue weighted by Crippen LogP contribution is 2.33.